The van der Waals surface area contributed by atoms with Gasteiger partial charge in [-0.3, -0.25) is 0 Å². The van der Waals surface area contributed by atoms with Crippen LogP contribution in [0.15, 0.2) is 60.7 Å². The zero-order chi connectivity index (χ0) is 20.7. The molecular formula is C24H32BrNO4. The van der Waals surface area contributed by atoms with Crippen molar-refractivity contribution < 1.29 is 40.8 Å². The number of carbonyl (C=O) groups excluding carboxylic acids is 1. The van der Waals surface area contributed by atoms with Crippen LogP contribution in [0.2, 0.25) is 0 Å². The Balaban J connectivity index is 0.00000320. The molecule has 1 aliphatic heterocycles. The average Bonchev–Trinajstić information content (AvgIpc) is 3.07. The summed E-state index contributed by atoms with van der Waals surface area (Å²) in [5.74, 6) is -0.370. The second-order valence-corrected chi connectivity index (χ2v) is 8.35. The number of ether oxygens (including phenoxy) is 2. The number of likely N-dealkylation sites (N-methyl/N-ethyl adjacent to an activating group) is 1. The lowest BCUT2D eigenvalue weighted by Crippen LogP contribution is -3.00. The summed E-state index contributed by atoms with van der Waals surface area (Å²) in [5, 5.41) is 9.13. The van der Waals surface area contributed by atoms with Crippen molar-refractivity contribution in [1.29, 1.82) is 0 Å². The number of carbonyl (C=O) groups is 1. The van der Waals surface area contributed by atoms with Crippen molar-refractivity contribution in [2.45, 2.75) is 31.0 Å². The van der Waals surface area contributed by atoms with Crippen LogP contribution in [-0.4, -0.2) is 62.1 Å². The maximum Gasteiger partial charge on any atom is 0.348 e. The number of esters is 1. The predicted octanol–water partition coefficient (Wildman–Crippen LogP) is 0.115. The van der Waals surface area contributed by atoms with Crippen molar-refractivity contribution in [3.8, 4) is 0 Å². The summed E-state index contributed by atoms with van der Waals surface area (Å²) in [5.41, 5.74) is 0.191. The summed E-state index contributed by atoms with van der Waals surface area (Å²) in [6, 6.07) is 19.1. The van der Waals surface area contributed by atoms with Gasteiger partial charge in [0.15, 0.2) is 6.10 Å². The van der Waals surface area contributed by atoms with Gasteiger partial charge in [0.25, 0.3) is 0 Å². The Morgan fingerprint density at radius 2 is 1.60 bits per heavy atom. The summed E-state index contributed by atoms with van der Waals surface area (Å²) in [4.78, 5) is 13.7. The zero-order valence-corrected chi connectivity index (χ0v) is 19.4. The minimum atomic E-state index is -1.32. The molecule has 0 aliphatic carbocycles. The number of aliphatic hydroxyl groups is 1. The summed E-state index contributed by atoms with van der Waals surface area (Å²) in [6.45, 7) is 2.24. The Morgan fingerprint density at radius 3 is 2.07 bits per heavy atom. The van der Waals surface area contributed by atoms with E-state index in [4.69, 9.17) is 14.6 Å². The molecule has 6 heteroatoms. The fourth-order valence-electron chi connectivity index (χ4n) is 3.97. The number of quaternary nitrogens is 1. The lowest BCUT2D eigenvalue weighted by atomic mass is 9.85. The molecule has 0 saturated carbocycles. The maximum absolute atomic E-state index is 13.7. The van der Waals surface area contributed by atoms with Crippen LogP contribution in [0, 0.1) is 0 Å². The first-order chi connectivity index (χ1) is 14.0. The highest BCUT2D eigenvalue weighted by atomic mass is 79.9. The van der Waals surface area contributed by atoms with E-state index in [0.29, 0.717) is 19.4 Å². The molecule has 0 spiro atoms. The fourth-order valence-corrected chi connectivity index (χ4v) is 3.97. The number of likely N-dealkylation sites (tertiary alicyclic amines) is 1. The van der Waals surface area contributed by atoms with Gasteiger partial charge in [-0.2, -0.15) is 0 Å². The van der Waals surface area contributed by atoms with Gasteiger partial charge < -0.3 is 36.0 Å². The van der Waals surface area contributed by atoms with Crippen molar-refractivity contribution in [3.63, 3.8) is 0 Å². The summed E-state index contributed by atoms with van der Waals surface area (Å²) in [7, 11) is 4.31. The number of hydrogen-bond acceptors (Lipinski definition) is 4. The molecule has 1 heterocycles. The Bertz CT molecular complexity index is 743. The van der Waals surface area contributed by atoms with Crippen molar-refractivity contribution >= 4 is 5.97 Å². The quantitative estimate of drug-likeness (QED) is 0.316. The average molecular weight is 478 g/mol. The van der Waals surface area contributed by atoms with E-state index in [1.807, 2.05) is 60.7 Å². The molecule has 2 aromatic carbocycles. The largest absolute Gasteiger partial charge is 1.00 e. The van der Waals surface area contributed by atoms with Gasteiger partial charge in [0.1, 0.15) is 6.54 Å². The predicted molar refractivity (Wildman–Crippen MR) is 112 cm³/mol. The second kappa shape index (κ2) is 11.0. The van der Waals surface area contributed by atoms with Crippen LogP contribution in [0.3, 0.4) is 0 Å². The van der Waals surface area contributed by atoms with Crippen LogP contribution in [-0.2, 0) is 19.9 Å². The normalized spacial score (nSPS) is 17.9. The molecule has 1 N–H and O–H groups in total. The third-order valence-electron chi connectivity index (χ3n) is 5.55. The van der Waals surface area contributed by atoms with Gasteiger partial charge in [-0.25, -0.2) is 4.79 Å². The molecule has 1 fully saturated rings. The van der Waals surface area contributed by atoms with Crippen LogP contribution in [0.25, 0.3) is 0 Å². The van der Waals surface area contributed by atoms with Crippen LogP contribution in [0.5, 0.6) is 0 Å². The molecule has 0 aromatic heterocycles. The number of nitrogens with zero attached hydrogens (tertiary/aromatic N) is 1. The molecule has 1 saturated heterocycles. The number of halogens is 1. The van der Waals surface area contributed by atoms with Gasteiger partial charge in [0.05, 0.1) is 20.6 Å². The van der Waals surface area contributed by atoms with Crippen LogP contribution >= 0.6 is 0 Å². The van der Waals surface area contributed by atoms with E-state index in [0.717, 1.165) is 35.1 Å². The Kier molecular flexibility index (Phi) is 9.04. The van der Waals surface area contributed by atoms with Crippen LogP contribution in [0.1, 0.15) is 30.4 Å². The Hall–Kier alpha value is -1.73. The monoisotopic (exact) mass is 477 g/mol. The number of unbranched alkanes of at least 4 members (excludes halogenated alkanes) is 1. The minimum Gasteiger partial charge on any atom is -1.00 e. The fraction of sp³-hybridized carbons (Fsp3) is 0.458. The Morgan fingerprint density at radius 1 is 1.03 bits per heavy atom. The lowest BCUT2D eigenvalue weighted by Gasteiger charge is -2.33. The number of rotatable bonds is 9. The van der Waals surface area contributed by atoms with Crippen molar-refractivity contribution in [1.82, 2.24) is 0 Å². The molecule has 30 heavy (non-hydrogen) atoms. The highest BCUT2D eigenvalue weighted by Gasteiger charge is 2.47. The molecular weight excluding hydrogens is 446 g/mol. The van der Waals surface area contributed by atoms with E-state index >= 15 is 0 Å². The first kappa shape index (κ1) is 24.5. The highest BCUT2D eigenvalue weighted by Crippen LogP contribution is 2.36. The van der Waals surface area contributed by atoms with E-state index in [9.17, 15) is 4.79 Å². The van der Waals surface area contributed by atoms with Gasteiger partial charge in [-0.05, 0) is 24.0 Å². The molecule has 1 atom stereocenters. The van der Waals surface area contributed by atoms with Crippen molar-refractivity contribution in [3.05, 3.63) is 71.8 Å². The van der Waals surface area contributed by atoms with E-state index in [-0.39, 0.29) is 35.7 Å². The van der Waals surface area contributed by atoms with Gasteiger partial charge >= 0.3 is 5.97 Å². The van der Waals surface area contributed by atoms with Crippen LogP contribution < -0.4 is 17.0 Å². The summed E-state index contributed by atoms with van der Waals surface area (Å²) < 4.78 is 13.2. The second-order valence-electron chi connectivity index (χ2n) is 8.35. The molecule has 3 rings (SSSR count). The van der Waals surface area contributed by atoms with Gasteiger partial charge in [-0.1, -0.05) is 60.7 Å². The first-order valence-electron chi connectivity index (χ1n) is 10.4. The lowest BCUT2D eigenvalue weighted by molar-refractivity contribution is -0.879. The minimum absolute atomic E-state index is 0. The third kappa shape index (κ3) is 5.70. The molecule has 0 amide bonds. The number of hydrogen-bond donors (Lipinski definition) is 1. The van der Waals surface area contributed by atoms with E-state index in [1.54, 1.807) is 0 Å². The Labute approximate surface area is 190 Å². The van der Waals surface area contributed by atoms with Gasteiger partial charge in [0.2, 0.25) is 5.60 Å². The van der Waals surface area contributed by atoms with Crippen molar-refractivity contribution in [2.75, 3.05) is 40.4 Å². The molecule has 0 radical (unpaired) electrons. The maximum atomic E-state index is 13.7. The summed E-state index contributed by atoms with van der Waals surface area (Å²) in [6.07, 6.45) is 2.02. The third-order valence-corrected chi connectivity index (χ3v) is 5.55. The van der Waals surface area contributed by atoms with Crippen molar-refractivity contribution in [2.24, 2.45) is 0 Å². The smallest absolute Gasteiger partial charge is 0.348 e. The van der Waals surface area contributed by atoms with E-state index in [2.05, 4.69) is 14.1 Å². The number of aliphatic hydroxyl groups excluding tert-OH is 1. The van der Waals surface area contributed by atoms with Gasteiger partial charge in [-0.15, -0.1) is 0 Å². The van der Waals surface area contributed by atoms with E-state index < -0.39 is 5.60 Å². The zero-order valence-electron chi connectivity index (χ0n) is 17.8. The van der Waals surface area contributed by atoms with E-state index in [1.165, 1.54) is 0 Å². The SMILES string of the molecule is C[N+]1(C)CCC(OC(=O)C(OCCCCO)(c2ccccc2)c2ccccc2)C1.[Br-]. The van der Waals surface area contributed by atoms with Crippen LogP contribution in [0.4, 0.5) is 0 Å². The molecule has 2 aromatic rings. The first-order valence-corrected chi connectivity index (χ1v) is 10.4. The molecule has 0 bridgehead atoms. The topological polar surface area (TPSA) is 55.8 Å². The molecule has 5 nitrogen and oxygen atoms in total. The molecule has 164 valence electrons. The highest BCUT2D eigenvalue weighted by molar-refractivity contribution is 5.86. The number of benzene rings is 2. The molecule has 1 aliphatic rings. The summed E-state index contributed by atoms with van der Waals surface area (Å²) >= 11 is 0. The molecule has 1 unspecified atom stereocenters. The van der Waals surface area contributed by atoms with Gasteiger partial charge in [0, 0.05) is 19.6 Å². The standard InChI is InChI=1S/C24H32NO4.BrH/c1-25(2)16-15-22(19-25)29-23(27)24(28-18-10-9-17-26,20-11-5-3-6-12-20)21-13-7-4-8-14-21;/h3-8,11-14,22,26H,9-10,15-19H2,1-2H3;1H/q+1;/p-1.